The molecule has 0 spiro atoms. The predicted molar refractivity (Wildman–Crippen MR) is 103 cm³/mol. The Balaban J connectivity index is 1.60. The molecule has 3 heteroatoms. The van der Waals surface area contributed by atoms with Crippen LogP contribution in [-0.2, 0) is 17.8 Å². The third kappa shape index (κ3) is 3.47. The van der Waals surface area contributed by atoms with Crippen molar-refractivity contribution in [2.24, 2.45) is 5.92 Å². The average Bonchev–Trinajstić information content (AvgIpc) is 2.72. The molecule has 4 rings (SSSR count). The van der Waals surface area contributed by atoms with E-state index in [0.29, 0.717) is 19.6 Å². The number of hydrogen-bond acceptors (Lipinski definition) is 2. The second-order valence-electron chi connectivity index (χ2n) is 6.57. The number of para-hydroxylation sites is 2. The summed E-state index contributed by atoms with van der Waals surface area (Å²) < 4.78 is 5.85. The van der Waals surface area contributed by atoms with Gasteiger partial charge in [0.05, 0.1) is 12.5 Å². The zero-order valence-electron chi connectivity index (χ0n) is 14.5. The minimum absolute atomic E-state index is 0.106. The van der Waals surface area contributed by atoms with Gasteiger partial charge < -0.3 is 9.64 Å². The van der Waals surface area contributed by atoms with Crippen LogP contribution in [0.4, 0.5) is 5.69 Å². The molecule has 1 heterocycles. The van der Waals surface area contributed by atoms with E-state index < -0.39 is 0 Å². The Kier molecular flexibility index (Phi) is 4.69. The monoisotopic (exact) mass is 343 g/mol. The summed E-state index contributed by atoms with van der Waals surface area (Å²) in [6, 6.07) is 27.9. The molecule has 1 amide bonds. The van der Waals surface area contributed by atoms with Gasteiger partial charge in [0.25, 0.3) is 0 Å². The number of hydrogen-bond donors (Lipinski definition) is 0. The fourth-order valence-corrected chi connectivity index (χ4v) is 3.38. The van der Waals surface area contributed by atoms with Gasteiger partial charge in [0.15, 0.2) is 0 Å². The summed E-state index contributed by atoms with van der Waals surface area (Å²) in [4.78, 5) is 15.2. The van der Waals surface area contributed by atoms with Crippen LogP contribution in [0.5, 0.6) is 5.75 Å². The Hall–Kier alpha value is -3.07. The van der Waals surface area contributed by atoms with E-state index in [1.165, 1.54) is 0 Å². The van der Waals surface area contributed by atoms with Crippen LogP contribution in [0.1, 0.15) is 11.1 Å². The minimum atomic E-state index is -0.172. The van der Waals surface area contributed by atoms with Gasteiger partial charge in [-0.2, -0.15) is 0 Å². The highest BCUT2D eigenvalue weighted by Crippen LogP contribution is 2.29. The van der Waals surface area contributed by atoms with Crippen LogP contribution in [0, 0.1) is 5.92 Å². The van der Waals surface area contributed by atoms with E-state index in [0.717, 1.165) is 22.6 Å². The van der Waals surface area contributed by atoms with Gasteiger partial charge in [-0.15, -0.1) is 0 Å². The highest BCUT2D eigenvalue weighted by molar-refractivity contribution is 5.95. The van der Waals surface area contributed by atoms with Gasteiger partial charge in [-0.25, -0.2) is 0 Å². The van der Waals surface area contributed by atoms with Gasteiger partial charge in [-0.05, 0) is 35.7 Å². The highest BCUT2D eigenvalue weighted by Gasteiger charge is 2.30. The number of fused-ring (bicyclic) bond motifs is 1. The fourth-order valence-electron chi connectivity index (χ4n) is 3.38. The third-order valence-electron chi connectivity index (χ3n) is 4.75. The predicted octanol–water partition coefficient (Wildman–Crippen LogP) is 4.47. The molecule has 1 atom stereocenters. The smallest absolute Gasteiger partial charge is 0.234 e. The molecule has 1 aliphatic rings. The van der Waals surface area contributed by atoms with E-state index in [-0.39, 0.29) is 11.8 Å². The molecule has 0 radical (unpaired) electrons. The topological polar surface area (TPSA) is 29.5 Å². The molecule has 130 valence electrons. The quantitative estimate of drug-likeness (QED) is 0.699. The molecule has 0 bridgehead atoms. The van der Waals surface area contributed by atoms with Crippen LogP contribution in [0.2, 0.25) is 0 Å². The Morgan fingerprint density at radius 3 is 2.31 bits per heavy atom. The van der Waals surface area contributed by atoms with Crippen LogP contribution < -0.4 is 9.64 Å². The van der Waals surface area contributed by atoms with Crippen molar-refractivity contribution in [1.82, 2.24) is 0 Å². The SMILES string of the molecule is O=C(C1COc2ccccc2C1)N(Cc1ccccc1)c1ccccc1. The fraction of sp³-hybridized carbons (Fsp3) is 0.174. The maximum Gasteiger partial charge on any atom is 0.234 e. The second-order valence-corrected chi connectivity index (χ2v) is 6.57. The maximum absolute atomic E-state index is 13.4. The lowest BCUT2D eigenvalue weighted by molar-refractivity contribution is -0.123. The van der Waals surface area contributed by atoms with Crippen LogP contribution in [0.3, 0.4) is 0 Å². The Bertz CT molecular complexity index is 877. The van der Waals surface area contributed by atoms with Crippen molar-refractivity contribution in [2.45, 2.75) is 13.0 Å². The first-order chi connectivity index (χ1) is 12.8. The molecule has 0 aliphatic carbocycles. The van der Waals surface area contributed by atoms with Crippen LogP contribution in [0.25, 0.3) is 0 Å². The number of carbonyl (C=O) groups excluding carboxylic acids is 1. The van der Waals surface area contributed by atoms with E-state index in [9.17, 15) is 4.79 Å². The van der Waals surface area contributed by atoms with Crippen molar-refractivity contribution in [3.63, 3.8) is 0 Å². The summed E-state index contributed by atoms with van der Waals surface area (Å²) in [6.45, 7) is 0.982. The van der Waals surface area contributed by atoms with E-state index >= 15 is 0 Å². The normalized spacial score (nSPS) is 15.6. The molecule has 0 N–H and O–H groups in total. The second kappa shape index (κ2) is 7.44. The Morgan fingerprint density at radius 2 is 1.54 bits per heavy atom. The summed E-state index contributed by atoms with van der Waals surface area (Å²) >= 11 is 0. The third-order valence-corrected chi connectivity index (χ3v) is 4.75. The van der Waals surface area contributed by atoms with Crippen molar-refractivity contribution in [2.75, 3.05) is 11.5 Å². The molecule has 0 aromatic heterocycles. The molecular weight excluding hydrogens is 322 g/mol. The van der Waals surface area contributed by atoms with Crippen molar-refractivity contribution >= 4 is 11.6 Å². The van der Waals surface area contributed by atoms with E-state index in [2.05, 4.69) is 12.1 Å². The molecule has 0 fully saturated rings. The average molecular weight is 343 g/mol. The van der Waals surface area contributed by atoms with E-state index in [4.69, 9.17) is 4.74 Å². The van der Waals surface area contributed by atoms with Gasteiger partial charge in [0.1, 0.15) is 12.4 Å². The van der Waals surface area contributed by atoms with Crippen LogP contribution in [0.15, 0.2) is 84.9 Å². The number of carbonyl (C=O) groups is 1. The largest absolute Gasteiger partial charge is 0.492 e. The van der Waals surface area contributed by atoms with Crippen molar-refractivity contribution in [3.8, 4) is 5.75 Å². The summed E-state index contributed by atoms with van der Waals surface area (Å²) in [5, 5.41) is 0. The number of benzene rings is 3. The number of ether oxygens (including phenoxy) is 1. The molecule has 3 nitrogen and oxygen atoms in total. The Labute approximate surface area is 153 Å². The first kappa shape index (κ1) is 16.4. The lowest BCUT2D eigenvalue weighted by atomic mass is 9.95. The first-order valence-corrected chi connectivity index (χ1v) is 8.92. The number of rotatable bonds is 4. The minimum Gasteiger partial charge on any atom is -0.492 e. The van der Waals surface area contributed by atoms with Crippen LogP contribution >= 0.6 is 0 Å². The zero-order valence-corrected chi connectivity index (χ0v) is 14.5. The standard InChI is InChI=1S/C23H21NO2/c25-23(20-15-19-11-7-8-14-22(19)26-17-20)24(21-12-5-2-6-13-21)16-18-9-3-1-4-10-18/h1-14,20H,15-17H2. The lowest BCUT2D eigenvalue weighted by Crippen LogP contribution is -2.40. The van der Waals surface area contributed by atoms with Crippen molar-refractivity contribution in [1.29, 1.82) is 0 Å². The number of anilines is 1. The maximum atomic E-state index is 13.4. The molecule has 0 saturated heterocycles. The molecule has 1 aliphatic heterocycles. The van der Waals surface area contributed by atoms with Gasteiger partial charge in [-0.1, -0.05) is 66.7 Å². The molecule has 26 heavy (non-hydrogen) atoms. The molecule has 0 saturated carbocycles. The van der Waals surface area contributed by atoms with E-state index in [1.54, 1.807) is 0 Å². The number of amides is 1. The zero-order chi connectivity index (χ0) is 17.8. The molecule has 1 unspecified atom stereocenters. The van der Waals surface area contributed by atoms with Crippen molar-refractivity contribution < 1.29 is 9.53 Å². The van der Waals surface area contributed by atoms with E-state index in [1.807, 2.05) is 77.7 Å². The summed E-state index contributed by atoms with van der Waals surface area (Å²) in [5.41, 5.74) is 3.13. The van der Waals surface area contributed by atoms with Gasteiger partial charge in [-0.3, -0.25) is 4.79 Å². The summed E-state index contributed by atoms with van der Waals surface area (Å²) in [5.74, 6) is 0.828. The number of nitrogens with zero attached hydrogens (tertiary/aromatic N) is 1. The van der Waals surface area contributed by atoms with Crippen molar-refractivity contribution in [3.05, 3.63) is 96.1 Å². The lowest BCUT2D eigenvalue weighted by Gasteiger charge is -2.30. The highest BCUT2D eigenvalue weighted by atomic mass is 16.5. The van der Waals surface area contributed by atoms with Gasteiger partial charge >= 0.3 is 0 Å². The van der Waals surface area contributed by atoms with Gasteiger partial charge in [0, 0.05) is 5.69 Å². The van der Waals surface area contributed by atoms with Gasteiger partial charge in [0.2, 0.25) is 5.91 Å². The molecule has 3 aromatic carbocycles. The molecular formula is C23H21NO2. The summed E-state index contributed by atoms with van der Waals surface area (Å²) in [7, 11) is 0. The first-order valence-electron chi connectivity index (χ1n) is 8.92. The Morgan fingerprint density at radius 1 is 0.885 bits per heavy atom. The summed E-state index contributed by atoms with van der Waals surface area (Å²) in [6.07, 6.45) is 0.715. The van der Waals surface area contributed by atoms with Crippen LogP contribution in [-0.4, -0.2) is 12.5 Å². The molecule has 3 aromatic rings.